The van der Waals surface area contributed by atoms with Crippen LogP contribution >= 0.6 is 0 Å². The lowest BCUT2D eigenvalue weighted by molar-refractivity contribution is -0.138. The molecular weight excluding hydrogens is 264 g/mol. The maximum Gasteiger partial charge on any atom is 0.234 e. The number of nitrogens with zero attached hydrogens (tertiary/aromatic N) is 2. The van der Waals surface area contributed by atoms with Gasteiger partial charge in [-0.25, -0.2) is 0 Å². The van der Waals surface area contributed by atoms with Gasteiger partial charge in [0.15, 0.2) is 0 Å². The number of imide groups is 1. The lowest BCUT2D eigenvalue weighted by Crippen LogP contribution is -2.34. The highest BCUT2D eigenvalue weighted by molar-refractivity contribution is 6.05. The number of carbonyl (C=O) groups excluding carboxylic acids is 2. The van der Waals surface area contributed by atoms with E-state index < -0.39 is 0 Å². The predicted molar refractivity (Wildman–Crippen MR) is 81.4 cm³/mol. The van der Waals surface area contributed by atoms with Gasteiger partial charge in [-0.1, -0.05) is 23.8 Å². The van der Waals surface area contributed by atoms with Crippen molar-refractivity contribution in [2.24, 2.45) is 17.8 Å². The van der Waals surface area contributed by atoms with E-state index in [1.165, 1.54) is 22.5 Å². The van der Waals surface area contributed by atoms with E-state index in [1.54, 1.807) is 7.05 Å². The number of fused-ring (bicyclic) bond motifs is 1. The fourth-order valence-electron chi connectivity index (χ4n) is 3.89. The van der Waals surface area contributed by atoms with Gasteiger partial charge in [-0.15, -0.1) is 0 Å². The number of rotatable bonds is 3. The lowest BCUT2D eigenvalue weighted by atomic mass is 9.85. The van der Waals surface area contributed by atoms with Gasteiger partial charge in [0, 0.05) is 26.7 Å². The third-order valence-corrected chi connectivity index (χ3v) is 5.32. The van der Waals surface area contributed by atoms with Crippen LogP contribution in [0.4, 0.5) is 0 Å². The van der Waals surface area contributed by atoms with Gasteiger partial charge < -0.3 is 0 Å². The molecule has 2 saturated heterocycles. The molecule has 0 radical (unpaired) electrons. The van der Waals surface area contributed by atoms with E-state index in [4.69, 9.17) is 0 Å². The first kappa shape index (κ1) is 14.5. The Balaban J connectivity index is 1.58. The molecule has 0 aromatic heterocycles. The van der Waals surface area contributed by atoms with Gasteiger partial charge in [-0.05, 0) is 32.1 Å². The maximum absolute atomic E-state index is 12.0. The SMILES string of the molecule is C=C(C)[C@@H]1CC=C(CN2C[C@@H]3C(=O)N(C)C(=O)[C@@H]3C2)CC1. The summed E-state index contributed by atoms with van der Waals surface area (Å²) in [6.45, 7) is 8.55. The molecule has 1 aliphatic carbocycles. The number of likely N-dealkylation sites (tertiary alicyclic amines) is 2. The second-order valence-corrected chi connectivity index (χ2v) is 6.82. The Morgan fingerprint density at radius 2 is 1.90 bits per heavy atom. The van der Waals surface area contributed by atoms with E-state index in [2.05, 4.69) is 24.5 Å². The third kappa shape index (κ3) is 2.57. The molecule has 0 saturated carbocycles. The van der Waals surface area contributed by atoms with E-state index in [9.17, 15) is 9.59 Å². The van der Waals surface area contributed by atoms with Crippen LogP contribution in [0, 0.1) is 17.8 Å². The minimum atomic E-state index is -0.102. The normalized spacial score (nSPS) is 33.3. The fraction of sp³-hybridized carbons (Fsp3) is 0.647. The smallest absolute Gasteiger partial charge is 0.234 e. The molecule has 4 heteroatoms. The fourth-order valence-corrected chi connectivity index (χ4v) is 3.89. The molecule has 3 rings (SSSR count). The molecule has 0 bridgehead atoms. The van der Waals surface area contributed by atoms with Crippen LogP contribution in [0.5, 0.6) is 0 Å². The summed E-state index contributed by atoms with van der Waals surface area (Å²) in [7, 11) is 1.61. The van der Waals surface area contributed by atoms with Crippen LogP contribution in [0.25, 0.3) is 0 Å². The third-order valence-electron chi connectivity index (χ3n) is 5.32. The Morgan fingerprint density at radius 3 is 2.38 bits per heavy atom. The molecule has 114 valence electrons. The van der Waals surface area contributed by atoms with Crippen LogP contribution in [0.3, 0.4) is 0 Å². The highest BCUT2D eigenvalue weighted by Crippen LogP contribution is 2.34. The van der Waals surface area contributed by atoms with Crippen molar-refractivity contribution in [3.8, 4) is 0 Å². The summed E-state index contributed by atoms with van der Waals surface area (Å²) >= 11 is 0. The molecule has 21 heavy (non-hydrogen) atoms. The van der Waals surface area contributed by atoms with Crippen molar-refractivity contribution in [3.63, 3.8) is 0 Å². The van der Waals surface area contributed by atoms with Crippen LogP contribution in [0.1, 0.15) is 26.2 Å². The van der Waals surface area contributed by atoms with Crippen LogP contribution in [-0.4, -0.2) is 48.3 Å². The molecule has 0 spiro atoms. The van der Waals surface area contributed by atoms with Crippen molar-refractivity contribution >= 4 is 11.8 Å². The molecule has 3 atom stereocenters. The van der Waals surface area contributed by atoms with Crippen LogP contribution in [0.2, 0.25) is 0 Å². The lowest BCUT2D eigenvalue weighted by Gasteiger charge is -2.25. The van der Waals surface area contributed by atoms with Gasteiger partial charge in [0.2, 0.25) is 11.8 Å². The molecule has 0 aromatic carbocycles. The largest absolute Gasteiger partial charge is 0.298 e. The second-order valence-electron chi connectivity index (χ2n) is 6.82. The van der Waals surface area contributed by atoms with Crippen molar-refractivity contribution in [2.75, 3.05) is 26.7 Å². The van der Waals surface area contributed by atoms with Crippen molar-refractivity contribution in [3.05, 3.63) is 23.8 Å². The van der Waals surface area contributed by atoms with Gasteiger partial charge in [-0.3, -0.25) is 19.4 Å². The summed E-state index contributed by atoms with van der Waals surface area (Å²) in [6.07, 6.45) is 5.73. The highest BCUT2D eigenvalue weighted by Gasteiger charge is 2.50. The zero-order chi connectivity index (χ0) is 15.1. The van der Waals surface area contributed by atoms with Gasteiger partial charge in [0.25, 0.3) is 0 Å². The Hall–Kier alpha value is -1.42. The first-order chi connectivity index (χ1) is 9.97. The van der Waals surface area contributed by atoms with Crippen LogP contribution < -0.4 is 0 Å². The quantitative estimate of drug-likeness (QED) is 0.588. The van der Waals surface area contributed by atoms with Crippen molar-refractivity contribution in [2.45, 2.75) is 26.2 Å². The molecule has 0 N–H and O–H groups in total. The summed E-state index contributed by atoms with van der Waals surface area (Å²) in [4.78, 5) is 27.6. The summed E-state index contributed by atoms with van der Waals surface area (Å²) in [6, 6.07) is 0. The van der Waals surface area contributed by atoms with Crippen molar-refractivity contribution in [1.29, 1.82) is 0 Å². The minimum absolute atomic E-state index is 0.00692. The molecule has 2 fully saturated rings. The summed E-state index contributed by atoms with van der Waals surface area (Å²) in [5, 5.41) is 0. The van der Waals surface area contributed by atoms with Gasteiger partial charge >= 0.3 is 0 Å². The first-order valence-corrected chi connectivity index (χ1v) is 7.84. The molecular formula is C17H24N2O2. The van der Waals surface area contributed by atoms with Gasteiger partial charge in [-0.2, -0.15) is 0 Å². The Labute approximate surface area is 126 Å². The van der Waals surface area contributed by atoms with Crippen LogP contribution in [0.15, 0.2) is 23.8 Å². The molecule has 2 aliphatic heterocycles. The molecule has 2 amide bonds. The average molecular weight is 288 g/mol. The topological polar surface area (TPSA) is 40.6 Å². The Kier molecular flexibility index (Phi) is 3.74. The first-order valence-electron chi connectivity index (χ1n) is 7.84. The van der Waals surface area contributed by atoms with E-state index in [-0.39, 0.29) is 23.7 Å². The predicted octanol–water partition coefficient (Wildman–Crippen LogP) is 1.84. The standard InChI is InChI=1S/C17H24N2O2/c1-11(2)13-6-4-12(5-7-13)8-19-9-14-15(10-19)17(21)18(3)16(14)20/h4,13-15H,1,5-10H2,2-3H3/t13-,14-,15+/m1/s1. The molecule has 3 aliphatic rings. The number of hydrogen-bond acceptors (Lipinski definition) is 3. The molecule has 0 aromatic rings. The van der Waals surface area contributed by atoms with Crippen molar-refractivity contribution in [1.82, 2.24) is 9.80 Å². The van der Waals surface area contributed by atoms with E-state index in [0.717, 1.165) is 32.5 Å². The average Bonchev–Trinajstić information content (AvgIpc) is 2.96. The minimum Gasteiger partial charge on any atom is -0.298 e. The van der Waals surface area contributed by atoms with E-state index >= 15 is 0 Å². The Bertz CT molecular complexity index is 499. The summed E-state index contributed by atoms with van der Waals surface area (Å²) < 4.78 is 0. The number of allylic oxidation sites excluding steroid dienone is 2. The second kappa shape index (κ2) is 5.41. The number of hydrogen-bond donors (Lipinski definition) is 0. The zero-order valence-corrected chi connectivity index (χ0v) is 13.0. The summed E-state index contributed by atoms with van der Waals surface area (Å²) in [5.74, 6) is 0.438. The van der Waals surface area contributed by atoms with E-state index in [1.807, 2.05) is 0 Å². The van der Waals surface area contributed by atoms with E-state index in [0.29, 0.717) is 5.92 Å². The monoisotopic (exact) mass is 288 g/mol. The summed E-state index contributed by atoms with van der Waals surface area (Å²) in [5.41, 5.74) is 2.74. The van der Waals surface area contributed by atoms with Crippen molar-refractivity contribution < 1.29 is 9.59 Å². The highest BCUT2D eigenvalue weighted by atomic mass is 16.2. The number of amides is 2. The Morgan fingerprint density at radius 1 is 1.29 bits per heavy atom. The van der Waals surface area contributed by atoms with Crippen LogP contribution in [-0.2, 0) is 9.59 Å². The van der Waals surface area contributed by atoms with Gasteiger partial charge in [0.1, 0.15) is 0 Å². The number of carbonyl (C=O) groups is 2. The molecule has 4 nitrogen and oxygen atoms in total. The zero-order valence-electron chi connectivity index (χ0n) is 13.0. The maximum atomic E-state index is 12.0. The van der Waals surface area contributed by atoms with Gasteiger partial charge in [0.05, 0.1) is 11.8 Å². The molecule has 0 unspecified atom stereocenters. The molecule has 2 heterocycles.